The topological polar surface area (TPSA) is 58.8 Å². The van der Waals surface area contributed by atoms with Crippen molar-refractivity contribution < 1.29 is 9.53 Å². The minimum atomic E-state index is 0.0746. The zero-order valence-electron chi connectivity index (χ0n) is 12.0. The molecule has 110 valence electrons. The molecule has 2 aliphatic rings. The maximum atomic E-state index is 12.5. The fourth-order valence-electron chi connectivity index (χ4n) is 3.17. The molecule has 0 bridgehead atoms. The number of carbonyl (C=O) groups excluding carboxylic acids is 1. The van der Waals surface area contributed by atoms with Crippen LogP contribution in [0.4, 0.5) is 0 Å². The first kappa shape index (κ1) is 14.8. The van der Waals surface area contributed by atoms with E-state index in [1.807, 2.05) is 4.90 Å². The number of carbonyl (C=O) groups is 1. The molecule has 2 fully saturated rings. The smallest absolute Gasteiger partial charge is 0.227 e. The molecule has 0 aromatic carbocycles. The van der Waals surface area contributed by atoms with E-state index in [1.54, 1.807) is 7.11 Å². The fraction of sp³-hybridized carbons (Fsp3) is 0.929. The summed E-state index contributed by atoms with van der Waals surface area (Å²) in [5.41, 5.74) is 6.04. The Morgan fingerprint density at radius 1 is 1.21 bits per heavy atom. The molecule has 1 saturated carbocycles. The van der Waals surface area contributed by atoms with Crippen LogP contribution in [0.15, 0.2) is 0 Å². The SMILES string of the molecule is COCCN1CCCN(C(=O)C2CCCC2N)CC1. The summed E-state index contributed by atoms with van der Waals surface area (Å²) in [7, 11) is 1.73. The Bertz CT molecular complexity index is 298. The maximum Gasteiger partial charge on any atom is 0.227 e. The molecule has 2 unspecified atom stereocenters. The summed E-state index contributed by atoms with van der Waals surface area (Å²) in [5.74, 6) is 0.365. The Morgan fingerprint density at radius 3 is 2.74 bits per heavy atom. The lowest BCUT2D eigenvalue weighted by Gasteiger charge is -2.26. The van der Waals surface area contributed by atoms with Gasteiger partial charge in [0, 0.05) is 39.3 Å². The van der Waals surface area contributed by atoms with E-state index in [4.69, 9.17) is 10.5 Å². The Kier molecular flexibility index (Phi) is 5.60. The Hall–Kier alpha value is -0.650. The third kappa shape index (κ3) is 3.91. The lowest BCUT2D eigenvalue weighted by molar-refractivity contribution is -0.135. The van der Waals surface area contributed by atoms with Gasteiger partial charge in [-0.25, -0.2) is 0 Å². The molecule has 5 heteroatoms. The van der Waals surface area contributed by atoms with Gasteiger partial charge >= 0.3 is 0 Å². The molecule has 0 radical (unpaired) electrons. The van der Waals surface area contributed by atoms with E-state index in [9.17, 15) is 4.79 Å². The lowest BCUT2D eigenvalue weighted by atomic mass is 10.0. The van der Waals surface area contributed by atoms with Crippen molar-refractivity contribution in [1.29, 1.82) is 0 Å². The van der Waals surface area contributed by atoms with Gasteiger partial charge in [0.1, 0.15) is 0 Å². The zero-order chi connectivity index (χ0) is 13.7. The molecule has 1 amide bonds. The van der Waals surface area contributed by atoms with Gasteiger partial charge in [-0.05, 0) is 25.8 Å². The standard InChI is InChI=1S/C14H27N3O2/c1-19-11-10-16-6-3-7-17(9-8-16)14(18)12-4-2-5-13(12)15/h12-13H,2-11,15H2,1H3. The number of rotatable bonds is 4. The van der Waals surface area contributed by atoms with Gasteiger partial charge in [0.15, 0.2) is 0 Å². The van der Waals surface area contributed by atoms with Gasteiger partial charge in [0.2, 0.25) is 5.91 Å². The molecule has 0 aromatic rings. The summed E-state index contributed by atoms with van der Waals surface area (Å²) in [6.45, 7) is 5.46. The third-order valence-electron chi connectivity index (χ3n) is 4.40. The minimum absolute atomic E-state index is 0.0746. The van der Waals surface area contributed by atoms with Gasteiger partial charge in [-0.1, -0.05) is 6.42 Å². The summed E-state index contributed by atoms with van der Waals surface area (Å²) in [5, 5.41) is 0. The van der Waals surface area contributed by atoms with Crippen LogP contribution in [0.1, 0.15) is 25.7 Å². The van der Waals surface area contributed by atoms with Gasteiger partial charge < -0.3 is 15.4 Å². The second kappa shape index (κ2) is 7.22. The monoisotopic (exact) mass is 269 g/mol. The highest BCUT2D eigenvalue weighted by atomic mass is 16.5. The fourth-order valence-corrected chi connectivity index (χ4v) is 3.17. The molecule has 1 aliphatic carbocycles. The van der Waals surface area contributed by atoms with E-state index in [0.29, 0.717) is 5.91 Å². The number of nitrogens with zero attached hydrogens (tertiary/aromatic N) is 2. The summed E-state index contributed by atoms with van der Waals surface area (Å²) in [4.78, 5) is 16.9. The normalized spacial score (nSPS) is 29.5. The van der Waals surface area contributed by atoms with Crippen LogP contribution in [0, 0.1) is 5.92 Å². The highest BCUT2D eigenvalue weighted by Crippen LogP contribution is 2.26. The van der Waals surface area contributed by atoms with E-state index in [2.05, 4.69) is 4.90 Å². The summed E-state index contributed by atoms with van der Waals surface area (Å²) >= 11 is 0. The number of nitrogens with two attached hydrogens (primary N) is 1. The minimum Gasteiger partial charge on any atom is -0.383 e. The van der Waals surface area contributed by atoms with Crippen LogP contribution < -0.4 is 5.73 Å². The number of amides is 1. The molecular weight excluding hydrogens is 242 g/mol. The number of hydrogen-bond acceptors (Lipinski definition) is 4. The maximum absolute atomic E-state index is 12.5. The molecular formula is C14H27N3O2. The van der Waals surface area contributed by atoms with Crippen LogP contribution in [-0.2, 0) is 9.53 Å². The highest BCUT2D eigenvalue weighted by Gasteiger charge is 2.33. The molecule has 1 heterocycles. The predicted molar refractivity (Wildman–Crippen MR) is 74.8 cm³/mol. The average Bonchev–Trinajstić information content (AvgIpc) is 2.71. The predicted octanol–water partition coefficient (Wildman–Crippen LogP) is 0.295. The van der Waals surface area contributed by atoms with Crippen LogP contribution in [-0.4, -0.2) is 68.2 Å². The first-order chi connectivity index (χ1) is 9.22. The van der Waals surface area contributed by atoms with Crippen molar-refractivity contribution in [2.75, 3.05) is 46.4 Å². The Balaban J connectivity index is 1.83. The average molecular weight is 269 g/mol. The van der Waals surface area contributed by atoms with E-state index < -0.39 is 0 Å². The number of methoxy groups -OCH3 is 1. The molecule has 2 atom stereocenters. The van der Waals surface area contributed by atoms with E-state index in [0.717, 1.165) is 65.0 Å². The van der Waals surface area contributed by atoms with Gasteiger partial charge in [-0.3, -0.25) is 9.69 Å². The van der Waals surface area contributed by atoms with Crippen LogP contribution in [0.2, 0.25) is 0 Å². The number of hydrogen-bond donors (Lipinski definition) is 1. The molecule has 2 rings (SSSR count). The Morgan fingerprint density at radius 2 is 2.05 bits per heavy atom. The van der Waals surface area contributed by atoms with Crippen molar-refractivity contribution in [3.63, 3.8) is 0 Å². The molecule has 5 nitrogen and oxygen atoms in total. The first-order valence-corrected chi connectivity index (χ1v) is 7.48. The van der Waals surface area contributed by atoms with Crippen LogP contribution in [0.5, 0.6) is 0 Å². The van der Waals surface area contributed by atoms with Crippen LogP contribution >= 0.6 is 0 Å². The summed E-state index contributed by atoms with van der Waals surface area (Å²) < 4.78 is 5.12. The van der Waals surface area contributed by atoms with Crippen LogP contribution in [0.25, 0.3) is 0 Å². The molecule has 2 N–H and O–H groups in total. The van der Waals surface area contributed by atoms with Crippen molar-refractivity contribution in [1.82, 2.24) is 9.80 Å². The first-order valence-electron chi connectivity index (χ1n) is 7.48. The van der Waals surface area contributed by atoms with Crippen molar-refractivity contribution >= 4 is 5.91 Å². The largest absolute Gasteiger partial charge is 0.383 e. The summed E-state index contributed by atoms with van der Waals surface area (Å²) in [6, 6.07) is 0.0837. The van der Waals surface area contributed by atoms with E-state index in [-0.39, 0.29) is 12.0 Å². The number of ether oxygens (including phenoxy) is 1. The van der Waals surface area contributed by atoms with E-state index >= 15 is 0 Å². The van der Waals surface area contributed by atoms with Crippen molar-refractivity contribution in [3.05, 3.63) is 0 Å². The summed E-state index contributed by atoms with van der Waals surface area (Å²) in [6.07, 6.45) is 4.14. The van der Waals surface area contributed by atoms with Gasteiger partial charge in [0.25, 0.3) is 0 Å². The van der Waals surface area contributed by atoms with E-state index in [1.165, 1.54) is 0 Å². The van der Waals surface area contributed by atoms with Gasteiger partial charge in [0.05, 0.1) is 12.5 Å². The molecule has 0 spiro atoms. The zero-order valence-corrected chi connectivity index (χ0v) is 12.0. The lowest BCUT2D eigenvalue weighted by Crippen LogP contribution is -2.43. The van der Waals surface area contributed by atoms with Gasteiger partial charge in [-0.2, -0.15) is 0 Å². The molecule has 0 aromatic heterocycles. The van der Waals surface area contributed by atoms with Gasteiger partial charge in [-0.15, -0.1) is 0 Å². The van der Waals surface area contributed by atoms with Crippen molar-refractivity contribution in [2.24, 2.45) is 11.7 Å². The molecule has 1 saturated heterocycles. The van der Waals surface area contributed by atoms with Crippen molar-refractivity contribution in [2.45, 2.75) is 31.7 Å². The van der Waals surface area contributed by atoms with Crippen LogP contribution in [0.3, 0.4) is 0 Å². The molecule has 1 aliphatic heterocycles. The second-order valence-electron chi connectivity index (χ2n) is 5.71. The Labute approximate surface area is 116 Å². The molecule has 19 heavy (non-hydrogen) atoms. The third-order valence-corrected chi connectivity index (χ3v) is 4.40. The second-order valence-corrected chi connectivity index (χ2v) is 5.71. The highest BCUT2D eigenvalue weighted by molar-refractivity contribution is 5.80. The van der Waals surface area contributed by atoms with Crippen molar-refractivity contribution in [3.8, 4) is 0 Å². The quantitative estimate of drug-likeness (QED) is 0.797.